The van der Waals surface area contributed by atoms with Gasteiger partial charge in [0.05, 0.1) is 43.4 Å². The number of amides is 1. The average molecular weight is 732 g/mol. The molecule has 0 bridgehead atoms. The molecule has 6 rings (SSSR count). The van der Waals surface area contributed by atoms with Crippen LogP contribution in [-0.2, 0) is 32.5 Å². The second-order valence-corrected chi connectivity index (χ2v) is 15.3. The summed E-state index contributed by atoms with van der Waals surface area (Å²) >= 11 is 0. The number of ether oxygens (including phenoxy) is 1. The van der Waals surface area contributed by atoms with E-state index in [9.17, 15) is 22.5 Å². The van der Waals surface area contributed by atoms with E-state index in [1.165, 1.54) is 7.11 Å². The van der Waals surface area contributed by atoms with Gasteiger partial charge in [0.1, 0.15) is 17.1 Å². The zero-order valence-electron chi connectivity index (χ0n) is 29.5. The van der Waals surface area contributed by atoms with Crippen LogP contribution in [0.5, 0.6) is 5.75 Å². The number of aromatic nitrogens is 2. The van der Waals surface area contributed by atoms with E-state index in [1.807, 2.05) is 6.07 Å². The van der Waals surface area contributed by atoms with Crippen molar-refractivity contribution >= 4 is 36.6 Å². The van der Waals surface area contributed by atoms with E-state index < -0.39 is 25.2 Å². The predicted molar refractivity (Wildman–Crippen MR) is 188 cm³/mol. The molecule has 276 valence electrons. The summed E-state index contributed by atoms with van der Waals surface area (Å²) in [6.45, 7) is 8.44. The molecule has 2 fully saturated rings. The van der Waals surface area contributed by atoms with Crippen LogP contribution < -0.4 is 15.4 Å². The molecule has 2 aliphatic heterocycles. The van der Waals surface area contributed by atoms with Crippen LogP contribution in [0.4, 0.5) is 36.3 Å². The molecule has 3 aliphatic rings. The second-order valence-electron chi connectivity index (χ2n) is 13.2. The van der Waals surface area contributed by atoms with Crippen molar-refractivity contribution in [2.24, 2.45) is 0 Å². The lowest BCUT2D eigenvalue weighted by molar-refractivity contribution is -0.137. The number of hydrogen-bond donors (Lipinski definition) is 2. The van der Waals surface area contributed by atoms with Crippen molar-refractivity contribution in [1.82, 2.24) is 24.7 Å². The van der Waals surface area contributed by atoms with E-state index in [0.717, 1.165) is 50.1 Å². The highest BCUT2D eigenvalue weighted by Gasteiger charge is 2.40. The monoisotopic (exact) mass is 731 g/mol. The fourth-order valence-corrected chi connectivity index (χ4v) is 8.76. The van der Waals surface area contributed by atoms with Crippen molar-refractivity contribution in [1.29, 1.82) is 0 Å². The molecule has 1 amide bonds. The topological polar surface area (TPSA) is 121 Å². The van der Waals surface area contributed by atoms with Gasteiger partial charge in [0.2, 0.25) is 5.95 Å². The molecule has 2 aromatic carbocycles. The Hall–Kier alpha value is -3.75. The summed E-state index contributed by atoms with van der Waals surface area (Å²) in [6.07, 6.45) is -2.09. The maximum Gasteiger partial charge on any atom is 0.421 e. The Balaban J connectivity index is 1.25. The van der Waals surface area contributed by atoms with Gasteiger partial charge in [-0.2, -0.15) is 18.2 Å². The number of likely N-dealkylation sites (N-methyl/N-ethyl adjacent to an activating group) is 1. The summed E-state index contributed by atoms with van der Waals surface area (Å²) < 4.78 is 72.2. The molecule has 3 aromatic rings. The number of alkyl halides is 3. The van der Waals surface area contributed by atoms with Gasteiger partial charge in [-0.3, -0.25) is 14.3 Å². The highest BCUT2D eigenvalue weighted by atomic mass is 31.2. The van der Waals surface area contributed by atoms with E-state index >= 15 is 0 Å². The molecule has 0 spiro atoms. The number of halogens is 3. The largest absolute Gasteiger partial charge is 0.495 e. The number of fused-ring (bicyclic) bond motifs is 1. The molecular formula is C35H45F3N7O5P. The Morgan fingerprint density at radius 2 is 1.67 bits per heavy atom. The zero-order chi connectivity index (χ0) is 36.5. The van der Waals surface area contributed by atoms with Crippen molar-refractivity contribution < 1.29 is 36.3 Å². The van der Waals surface area contributed by atoms with E-state index in [1.54, 1.807) is 50.1 Å². The lowest BCUT2D eigenvalue weighted by Gasteiger charge is -2.46. The van der Waals surface area contributed by atoms with Crippen LogP contribution in [0.25, 0.3) is 0 Å². The predicted octanol–water partition coefficient (Wildman–Crippen LogP) is 6.84. The van der Waals surface area contributed by atoms with Crippen molar-refractivity contribution in [2.45, 2.75) is 57.5 Å². The van der Waals surface area contributed by atoms with Crippen molar-refractivity contribution in [2.75, 3.05) is 71.2 Å². The summed E-state index contributed by atoms with van der Waals surface area (Å²) in [6, 6.07) is 9.07. The number of carbonyl (C=O) groups is 1. The quantitative estimate of drug-likeness (QED) is 0.180. The summed E-state index contributed by atoms with van der Waals surface area (Å²) in [5.41, 5.74) is 2.45. The van der Waals surface area contributed by atoms with Gasteiger partial charge in [-0.1, -0.05) is 12.1 Å². The third-order valence-electron chi connectivity index (χ3n) is 9.80. The van der Waals surface area contributed by atoms with E-state index in [4.69, 9.17) is 13.8 Å². The molecular weight excluding hydrogens is 686 g/mol. The lowest BCUT2D eigenvalue weighted by atomic mass is 9.73. The Morgan fingerprint density at radius 3 is 2.31 bits per heavy atom. The fourth-order valence-electron chi connectivity index (χ4n) is 7.07. The van der Waals surface area contributed by atoms with Crippen molar-refractivity contribution in [3.05, 3.63) is 64.3 Å². The minimum absolute atomic E-state index is 0.00474. The molecule has 0 radical (unpaired) electrons. The molecule has 1 saturated carbocycles. The zero-order valence-corrected chi connectivity index (χ0v) is 30.4. The Labute approximate surface area is 296 Å². The first-order valence-electron chi connectivity index (χ1n) is 17.2. The smallest absolute Gasteiger partial charge is 0.421 e. The van der Waals surface area contributed by atoms with Crippen LogP contribution in [0.1, 0.15) is 65.2 Å². The minimum Gasteiger partial charge on any atom is -0.495 e. The van der Waals surface area contributed by atoms with Gasteiger partial charge in [0.15, 0.2) is 0 Å². The third-order valence-corrected chi connectivity index (χ3v) is 11.9. The van der Waals surface area contributed by atoms with E-state index in [2.05, 4.69) is 37.4 Å². The molecule has 12 nitrogen and oxygen atoms in total. The maximum absolute atomic E-state index is 14.3. The molecule has 0 atom stereocenters. The number of methoxy groups -OCH3 is 1. The Kier molecular flexibility index (Phi) is 10.9. The minimum atomic E-state index is -4.77. The van der Waals surface area contributed by atoms with Crippen LogP contribution in [0, 0.1) is 0 Å². The fraction of sp³-hybridized carbons (Fsp3) is 0.514. The first-order valence-corrected chi connectivity index (χ1v) is 18.9. The number of piperazine rings is 1. The second kappa shape index (κ2) is 15.1. The number of rotatable bonds is 13. The number of hydrogen-bond acceptors (Lipinski definition) is 11. The normalized spacial score (nSPS) is 19.9. The van der Waals surface area contributed by atoms with Gasteiger partial charge in [-0.05, 0) is 74.5 Å². The van der Waals surface area contributed by atoms with Crippen LogP contribution in [0.15, 0.2) is 36.5 Å². The Bertz CT molecular complexity index is 1790. The van der Waals surface area contributed by atoms with Crippen molar-refractivity contribution in [3.8, 4) is 5.75 Å². The molecule has 1 aromatic heterocycles. The number of anilines is 4. The van der Waals surface area contributed by atoms with Gasteiger partial charge in [0, 0.05) is 52.0 Å². The standard InChI is InChI=1S/C35H45F3N7O5P/c1-6-49-51(47,50-7-2)21-22-8-10-28(30(16-22)48-5)41-34-39-19-27(35(36,37)38)32(42-34)40-29-11-9-25(26-20-44(4)33(46)31(26)29)23-17-24(18-23)45-14-12-43(3)13-15-45/h8-11,16,19,23-24H,6-7,12-15,17-18,20-21H2,1-5H3,(H2,39,40,41,42)/t23-,24-. The summed E-state index contributed by atoms with van der Waals surface area (Å²) in [5.74, 6) is -0.289. The first-order chi connectivity index (χ1) is 24.3. The van der Waals surface area contributed by atoms with Crippen LogP contribution in [0.3, 0.4) is 0 Å². The molecule has 2 N–H and O–H groups in total. The number of benzene rings is 2. The summed E-state index contributed by atoms with van der Waals surface area (Å²) in [5, 5.41) is 5.79. The average Bonchev–Trinajstić information content (AvgIpc) is 3.36. The van der Waals surface area contributed by atoms with Gasteiger partial charge in [-0.25, -0.2) is 4.98 Å². The first kappa shape index (κ1) is 37.0. The molecule has 1 aliphatic carbocycles. The van der Waals surface area contributed by atoms with Gasteiger partial charge in [0.25, 0.3) is 5.91 Å². The summed E-state index contributed by atoms with van der Waals surface area (Å²) in [7, 11) is 1.87. The highest BCUT2D eigenvalue weighted by molar-refractivity contribution is 7.53. The molecule has 16 heteroatoms. The molecule has 1 saturated heterocycles. The lowest BCUT2D eigenvalue weighted by Crippen LogP contribution is -2.52. The van der Waals surface area contributed by atoms with Crippen LogP contribution in [0.2, 0.25) is 0 Å². The van der Waals surface area contributed by atoms with Gasteiger partial charge in [-0.15, -0.1) is 0 Å². The SMILES string of the molecule is CCOP(=O)(Cc1ccc(Nc2ncc(C(F)(F)F)c(Nc3ccc([C@H]4C[C@H](N5CCN(C)CC5)C4)c4c3C(=O)N(C)C4)n2)c(OC)c1)OCC. The number of carbonyl (C=O) groups excluding carboxylic acids is 1. The van der Waals surface area contributed by atoms with Gasteiger partial charge >= 0.3 is 13.8 Å². The van der Waals surface area contributed by atoms with Crippen LogP contribution >= 0.6 is 7.60 Å². The molecule has 3 heterocycles. The van der Waals surface area contributed by atoms with E-state index in [0.29, 0.717) is 41.3 Å². The highest BCUT2D eigenvalue weighted by Crippen LogP contribution is 2.52. The molecule has 0 unspecified atom stereocenters. The molecule has 51 heavy (non-hydrogen) atoms. The van der Waals surface area contributed by atoms with Crippen molar-refractivity contribution in [3.63, 3.8) is 0 Å². The number of nitrogens with one attached hydrogen (secondary N) is 2. The number of nitrogens with zero attached hydrogens (tertiary/aromatic N) is 5. The van der Waals surface area contributed by atoms with Gasteiger partial charge < -0.3 is 34.2 Å². The summed E-state index contributed by atoms with van der Waals surface area (Å²) in [4.78, 5) is 28.1. The Morgan fingerprint density at radius 1 is 0.980 bits per heavy atom. The maximum atomic E-state index is 14.3. The van der Waals surface area contributed by atoms with E-state index in [-0.39, 0.29) is 42.8 Å². The third kappa shape index (κ3) is 8.02. The van der Waals surface area contributed by atoms with Crippen LogP contribution in [-0.4, -0.2) is 97.2 Å².